The van der Waals surface area contributed by atoms with E-state index in [4.69, 9.17) is 5.73 Å². The van der Waals surface area contributed by atoms with E-state index < -0.39 is 0 Å². The van der Waals surface area contributed by atoms with Crippen LogP contribution in [0.3, 0.4) is 0 Å². The van der Waals surface area contributed by atoms with Crippen molar-refractivity contribution >= 4 is 0 Å². The maximum atomic E-state index is 5.87. The molecule has 3 N–H and O–H groups in total. The Hall–Kier alpha value is -0.340. The standard InChI is InChI=1S/C12H24N2/c1-3-9-14-12(10-13)7-5-11(4-2)6-8-12/h3,11,14H,1,4-10,13H2,2H3. The van der Waals surface area contributed by atoms with Gasteiger partial charge in [0.1, 0.15) is 0 Å². The Labute approximate surface area is 87.9 Å². The summed E-state index contributed by atoms with van der Waals surface area (Å²) in [7, 11) is 0. The van der Waals surface area contributed by atoms with Gasteiger partial charge >= 0.3 is 0 Å². The van der Waals surface area contributed by atoms with Crippen LogP contribution in [0.1, 0.15) is 39.0 Å². The summed E-state index contributed by atoms with van der Waals surface area (Å²) in [6.45, 7) is 7.67. The molecular formula is C12H24N2. The number of rotatable bonds is 5. The van der Waals surface area contributed by atoms with Crippen molar-refractivity contribution in [2.75, 3.05) is 13.1 Å². The van der Waals surface area contributed by atoms with Crippen molar-refractivity contribution in [2.24, 2.45) is 11.7 Å². The first-order valence-electron chi connectivity index (χ1n) is 5.82. The summed E-state index contributed by atoms with van der Waals surface area (Å²) in [6.07, 6.45) is 8.37. The van der Waals surface area contributed by atoms with Gasteiger partial charge in [0.25, 0.3) is 0 Å². The third-order valence-electron chi connectivity index (χ3n) is 3.65. The summed E-state index contributed by atoms with van der Waals surface area (Å²) in [4.78, 5) is 0. The highest BCUT2D eigenvalue weighted by atomic mass is 15.0. The van der Waals surface area contributed by atoms with Crippen LogP contribution >= 0.6 is 0 Å². The normalized spacial score (nSPS) is 32.9. The molecule has 0 atom stereocenters. The molecule has 1 aliphatic carbocycles. The Balaban J connectivity index is 2.43. The first kappa shape index (κ1) is 11.7. The average molecular weight is 196 g/mol. The second-order valence-electron chi connectivity index (χ2n) is 4.51. The van der Waals surface area contributed by atoms with Gasteiger partial charge in [-0.3, -0.25) is 0 Å². The quantitative estimate of drug-likeness (QED) is 0.661. The molecule has 1 fully saturated rings. The van der Waals surface area contributed by atoms with Gasteiger partial charge in [-0.25, -0.2) is 0 Å². The largest absolute Gasteiger partial charge is 0.329 e. The molecule has 0 radical (unpaired) electrons. The van der Waals surface area contributed by atoms with Crippen LogP contribution in [0.2, 0.25) is 0 Å². The predicted molar refractivity (Wildman–Crippen MR) is 62.2 cm³/mol. The highest BCUT2D eigenvalue weighted by Gasteiger charge is 2.32. The van der Waals surface area contributed by atoms with Crippen molar-refractivity contribution in [3.8, 4) is 0 Å². The maximum absolute atomic E-state index is 5.87. The lowest BCUT2D eigenvalue weighted by Gasteiger charge is -2.40. The molecular weight excluding hydrogens is 172 g/mol. The lowest BCUT2D eigenvalue weighted by Crippen LogP contribution is -2.53. The lowest BCUT2D eigenvalue weighted by molar-refractivity contribution is 0.196. The minimum Gasteiger partial charge on any atom is -0.329 e. The Kier molecular flexibility index (Phi) is 4.63. The summed E-state index contributed by atoms with van der Waals surface area (Å²) in [5.74, 6) is 0.931. The zero-order valence-electron chi connectivity index (χ0n) is 9.39. The third kappa shape index (κ3) is 2.82. The van der Waals surface area contributed by atoms with E-state index in [-0.39, 0.29) is 5.54 Å². The van der Waals surface area contributed by atoms with Gasteiger partial charge in [-0.15, -0.1) is 6.58 Å². The molecule has 2 nitrogen and oxygen atoms in total. The van der Waals surface area contributed by atoms with Crippen molar-refractivity contribution in [3.05, 3.63) is 12.7 Å². The van der Waals surface area contributed by atoms with Gasteiger partial charge in [0.05, 0.1) is 0 Å². The van der Waals surface area contributed by atoms with E-state index in [1.807, 2.05) is 6.08 Å². The second-order valence-corrected chi connectivity index (χ2v) is 4.51. The van der Waals surface area contributed by atoms with Gasteiger partial charge in [-0.1, -0.05) is 19.4 Å². The molecule has 14 heavy (non-hydrogen) atoms. The van der Waals surface area contributed by atoms with Crippen LogP contribution in [-0.4, -0.2) is 18.6 Å². The highest BCUT2D eigenvalue weighted by molar-refractivity contribution is 4.95. The van der Waals surface area contributed by atoms with Crippen molar-refractivity contribution in [3.63, 3.8) is 0 Å². The van der Waals surface area contributed by atoms with Gasteiger partial charge in [0.15, 0.2) is 0 Å². The third-order valence-corrected chi connectivity index (χ3v) is 3.65. The van der Waals surface area contributed by atoms with E-state index in [0.717, 1.165) is 19.0 Å². The Bertz CT molecular complexity index is 169. The van der Waals surface area contributed by atoms with Gasteiger partial charge in [-0.05, 0) is 31.6 Å². The van der Waals surface area contributed by atoms with Crippen LogP contribution in [0.15, 0.2) is 12.7 Å². The molecule has 0 saturated heterocycles. The molecule has 0 aliphatic heterocycles. The molecule has 1 rings (SSSR count). The second kappa shape index (κ2) is 5.52. The van der Waals surface area contributed by atoms with E-state index in [0.29, 0.717) is 0 Å². The molecule has 1 saturated carbocycles. The monoisotopic (exact) mass is 196 g/mol. The van der Waals surface area contributed by atoms with Crippen molar-refractivity contribution in [1.82, 2.24) is 5.32 Å². The first-order chi connectivity index (χ1) is 6.76. The van der Waals surface area contributed by atoms with E-state index >= 15 is 0 Å². The van der Waals surface area contributed by atoms with Crippen LogP contribution in [-0.2, 0) is 0 Å². The topological polar surface area (TPSA) is 38.0 Å². The molecule has 0 aromatic heterocycles. The fraction of sp³-hybridized carbons (Fsp3) is 0.833. The van der Waals surface area contributed by atoms with Gasteiger partial charge < -0.3 is 11.1 Å². The van der Waals surface area contributed by atoms with E-state index in [2.05, 4.69) is 18.8 Å². The van der Waals surface area contributed by atoms with E-state index in [9.17, 15) is 0 Å². The molecule has 0 heterocycles. The van der Waals surface area contributed by atoms with E-state index in [1.165, 1.54) is 32.1 Å². The highest BCUT2D eigenvalue weighted by Crippen LogP contribution is 2.32. The minimum absolute atomic E-state index is 0.208. The first-order valence-corrected chi connectivity index (χ1v) is 5.82. The van der Waals surface area contributed by atoms with Gasteiger partial charge in [-0.2, -0.15) is 0 Å². The smallest absolute Gasteiger partial charge is 0.0307 e. The van der Waals surface area contributed by atoms with Crippen molar-refractivity contribution in [1.29, 1.82) is 0 Å². The number of nitrogens with two attached hydrogens (primary N) is 1. The van der Waals surface area contributed by atoms with Crippen LogP contribution in [0, 0.1) is 5.92 Å². The zero-order valence-corrected chi connectivity index (χ0v) is 9.39. The van der Waals surface area contributed by atoms with E-state index in [1.54, 1.807) is 0 Å². The Morgan fingerprint density at radius 2 is 2.14 bits per heavy atom. The van der Waals surface area contributed by atoms with Crippen molar-refractivity contribution < 1.29 is 0 Å². The SMILES string of the molecule is C=CCNC1(CN)CCC(CC)CC1. The molecule has 2 heteroatoms. The van der Waals surface area contributed by atoms with Crippen LogP contribution in [0.5, 0.6) is 0 Å². The fourth-order valence-corrected chi connectivity index (χ4v) is 2.38. The fourth-order valence-electron chi connectivity index (χ4n) is 2.38. The summed E-state index contributed by atoms with van der Waals surface area (Å²) >= 11 is 0. The van der Waals surface area contributed by atoms with Gasteiger partial charge in [0, 0.05) is 18.6 Å². The molecule has 82 valence electrons. The Morgan fingerprint density at radius 3 is 2.57 bits per heavy atom. The average Bonchev–Trinajstić information content (AvgIpc) is 2.27. The summed E-state index contributed by atoms with van der Waals surface area (Å²) in [5.41, 5.74) is 6.08. The molecule has 0 spiro atoms. The van der Waals surface area contributed by atoms with Crippen LogP contribution < -0.4 is 11.1 Å². The molecule has 0 aromatic carbocycles. The van der Waals surface area contributed by atoms with Crippen LogP contribution in [0.4, 0.5) is 0 Å². The molecule has 0 amide bonds. The number of nitrogens with one attached hydrogen (secondary N) is 1. The maximum Gasteiger partial charge on any atom is 0.0307 e. The molecule has 0 bridgehead atoms. The Morgan fingerprint density at radius 1 is 1.50 bits per heavy atom. The summed E-state index contributed by atoms with van der Waals surface area (Å²) in [6, 6.07) is 0. The van der Waals surface area contributed by atoms with Crippen LogP contribution in [0.25, 0.3) is 0 Å². The minimum atomic E-state index is 0.208. The van der Waals surface area contributed by atoms with Gasteiger partial charge in [0.2, 0.25) is 0 Å². The predicted octanol–water partition coefficient (Wildman–Crippen LogP) is 2.06. The summed E-state index contributed by atoms with van der Waals surface area (Å²) < 4.78 is 0. The number of hydrogen-bond donors (Lipinski definition) is 2. The summed E-state index contributed by atoms with van der Waals surface area (Å²) in [5, 5.41) is 3.54. The molecule has 0 unspecified atom stereocenters. The molecule has 1 aliphatic rings. The van der Waals surface area contributed by atoms with Crippen molar-refractivity contribution in [2.45, 2.75) is 44.6 Å². The lowest BCUT2D eigenvalue weighted by atomic mass is 9.75. The molecule has 0 aromatic rings. The number of hydrogen-bond acceptors (Lipinski definition) is 2. The zero-order chi connectivity index (χ0) is 10.4.